The van der Waals surface area contributed by atoms with Crippen LogP contribution in [0.25, 0.3) is 10.8 Å². The van der Waals surface area contributed by atoms with Gasteiger partial charge in [-0.2, -0.15) is 0 Å². The number of carboxylic acids is 1. The number of hydrogen-bond donors (Lipinski definition) is 2. The first kappa shape index (κ1) is 24.9. The van der Waals surface area contributed by atoms with Crippen LogP contribution in [-0.2, 0) is 16.0 Å². The molecule has 0 saturated carbocycles. The van der Waals surface area contributed by atoms with Crippen molar-refractivity contribution in [2.45, 2.75) is 70.3 Å². The van der Waals surface area contributed by atoms with Crippen LogP contribution in [0, 0.1) is 0 Å². The van der Waals surface area contributed by atoms with Gasteiger partial charge in [0.05, 0.1) is 12.5 Å². The van der Waals surface area contributed by atoms with E-state index in [4.69, 9.17) is 5.11 Å². The first-order chi connectivity index (χ1) is 15.0. The number of nitrogens with one attached hydrogen (secondary N) is 1. The molecule has 0 aromatic heterocycles. The summed E-state index contributed by atoms with van der Waals surface area (Å²) in [6, 6.07) is 14.8. The third-order valence-electron chi connectivity index (χ3n) is 5.60. The van der Waals surface area contributed by atoms with E-state index in [1.807, 2.05) is 19.0 Å². The van der Waals surface area contributed by atoms with Crippen LogP contribution in [0.15, 0.2) is 42.5 Å². The first-order valence-electron chi connectivity index (χ1n) is 11.6. The van der Waals surface area contributed by atoms with Crippen LogP contribution in [0.2, 0.25) is 0 Å². The Labute approximate surface area is 186 Å². The van der Waals surface area contributed by atoms with Crippen molar-refractivity contribution in [1.82, 2.24) is 10.2 Å². The van der Waals surface area contributed by atoms with Crippen LogP contribution < -0.4 is 5.32 Å². The molecule has 170 valence electrons. The van der Waals surface area contributed by atoms with Crippen molar-refractivity contribution >= 4 is 22.6 Å². The third-order valence-corrected chi connectivity index (χ3v) is 5.60. The molecule has 0 aliphatic rings. The lowest BCUT2D eigenvalue weighted by molar-refractivity contribution is -0.137. The maximum absolute atomic E-state index is 12.1. The average molecular weight is 427 g/mol. The van der Waals surface area contributed by atoms with Crippen LogP contribution in [0.4, 0.5) is 0 Å². The minimum atomic E-state index is -0.882. The Morgan fingerprint density at radius 1 is 0.903 bits per heavy atom. The molecule has 5 nitrogen and oxygen atoms in total. The van der Waals surface area contributed by atoms with E-state index in [0.29, 0.717) is 13.0 Å². The third kappa shape index (κ3) is 9.97. The smallest absolute Gasteiger partial charge is 0.305 e. The van der Waals surface area contributed by atoms with E-state index in [0.717, 1.165) is 25.7 Å². The van der Waals surface area contributed by atoms with E-state index in [1.165, 1.54) is 42.0 Å². The molecule has 0 aliphatic heterocycles. The standard InChI is InChI=1S/C26H38N2O3/c1-28(2)20-23(19-26(30)31)27-25(29)18-9-7-5-3-4-6-8-13-21-15-12-16-22-14-10-11-17-24(21)22/h10-12,14-17,23H,3-9,13,18-20H2,1-2H3,(H,27,29)(H,30,31). The summed E-state index contributed by atoms with van der Waals surface area (Å²) in [6.07, 6.45) is 9.53. The molecule has 31 heavy (non-hydrogen) atoms. The molecule has 2 N–H and O–H groups in total. The molecular formula is C26H38N2O3. The van der Waals surface area contributed by atoms with Gasteiger partial charge in [-0.15, -0.1) is 0 Å². The van der Waals surface area contributed by atoms with E-state index in [9.17, 15) is 9.59 Å². The number of nitrogens with zero attached hydrogens (tertiary/aromatic N) is 1. The SMILES string of the molecule is CN(C)CC(CC(=O)O)NC(=O)CCCCCCCCCc1cccc2ccccc12. The Bertz CT molecular complexity index is 814. The summed E-state index contributed by atoms with van der Waals surface area (Å²) in [5.74, 6) is -0.921. The van der Waals surface area contributed by atoms with Crippen LogP contribution in [0.5, 0.6) is 0 Å². The van der Waals surface area contributed by atoms with Gasteiger partial charge in [0.25, 0.3) is 0 Å². The molecule has 1 atom stereocenters. The lowest BCUT2D eigenvalue weighted by Gasteiger charge is -2.20. The molecule has 0 aliphatic carbocycles. The van der Waals surface area contributed by atoms with Gasteiger partial charge in [-0.05, 0) is 49.7 Å². The molecule has 0 bridgehead atoms. The van der Waals surface area contributed by atoms with Gasteiger partial charge >= 0.3 is 5.97 Å². The number of unbranched alkanes of at least 4 members (excludes halogenated alkanes) is 6. The minimum Gasteiger partial charge on any atom is -0.481 e. The highest BCUT2D eigenvalue weighted by atomic mass is 16.4. The minimum absolute atomic E-state index is 0.0387. The largest absolute Gasteiger partial charge is 0.481 e. The summed E-state index contributed by atoms with van der Waals surface area (Å²) < 4.78 is 0. The second kappa shape index (κ2) is 13.8. The second-order valence-corrected chi connectivity index (χ2v) is 8.74. The summed E-state index contributed by atoms with van der Waals surface area (Å²) in [6.45, 7) is 0.539. The quantitative estimate of drug-likeness (QED) is 0.392. The summed E-state index contributed by atoms with van der Waals surface area (Å²) in [4.78, 5) is 24.9. The van der Waals surface area contributed by atoms with Crippen molar-refractivity contribution in [3.05, 3.63) is 48.0 Å². The highest BCUT2D eigenvalue weighted by molar-refractivity contribution is 5.85. The van der Waals surface area contributed by atoms with Crippen LogP contribution in [-0.4, -0.2) is 48.6 Å². The average Bonchev–Trinajstić information content (AvgIpc) is 2.71. The summed E-state index contributed by atoms with van der Waals surface area (Å²) in [5.41, 5.74) is 1.44. The van der Waals surface area contributed by atoms with Crippen LogP contribution in [0.3, 0.4) is 0 Å². The van der Waals surface area contributed by atoms with E-state index >= 15 is 0 Å². The second-order valence-electron chi connectivity index (χ2n) is 8.74. The number of rotatable bonds is 15. The first-order valence-corrected chi connectivity index (χ1v) is 11.6. The number of aliphatic carboxylic acids is 1. The van der Waals surface area contributed by atoms with E-state index in [-0.39, 0.29) is 18.4 Å². The van der Waals surface area contributed by atoms with Crippen molar-refractivity contribution in [2.24, 2.45) is 0 Å². The van der Waals surface area contributed by atoms with Crippen molar-refractivity contribution in [1.29, 1.82) is 0 Å². The Morgan fingerprint density at radius 2 is 1.55 bits per heavy atom. The number of likely N-dealkylation sites (N-methyl/N-ethyl adjacent to an activating group) is 1. The number of carbonyl (C=O) groups is 2. The molecule has 2 rings (SSSR count). The van der Waals surface area contributed by atoms with Gasteiger partial charge in [-0.1, -0.05) is 74.6 Å². The van der Waals surface area contributed by atoms with Crippen LogP contribution >= 0.6 is 0 Å². The van der Waals surface area contributed by atoms with E-state index < -0.39 is 5.97 Å². The van der Waals surface area contributed by atoms with Gasteiger partial charge in [0, 0.05) is 13.0 Å². The van der Waals surface area contributed by atoms with Gasteiger partial charge in [0.15, 0.2) is 0 Å². The Balaban J connectivity index is 1.53. The molecule has 0 spiro atoms. The normalized spacial score (nSPS) is 12.2. The van der Waals surface area contributed by atoms with Gasteiger partial charge < -0.3 is 15.3 Å². The monoisotopic (exact) mass is 426 g/mol. The van der Waals surface area contributed by atoms with Gasteiger partial charge in [0.2, 0.25) is 5.91 Å². The molecule has 0 saturated heterocycles. The number of carbonyl (C=O) groups excluding carboxylic acids is 1. The van der Waals surface area contributed by atoms with E-state index in [1.54, 1.807) is 0 Å². The fourth-order valence-corrected chi connectivity index (χ4v) is 4.11. The zero-order valence-electron chi connectivity index (χ0n) is 19.1. The molecule has 0 heterocycles. The molecule has 0 fully saturated rings. The Hall–Kier alpha value is -2.40. The molecule has 1 amide bonds. The number of fused-ring (bicyclic) bond motifs is 1. The molecular weight excluding hydrogens is 388 g/mol. The molecule has 2 aromatic rings. The summed E-state index contributed by atoms with van der Waals surface area (Å²) in [7, 11) is 3.76. The lowest BCUT2D eigenvalue weighted by atomic mass is 9.99. The summed E-state index contributed by atoms with van der Waals surface area (Å²) >= 11 is 0. The fourth-order valence-electron chi connectivity index (χ4n) is 4.11. The van der Waals surface area contributed by atoms with Crippen molar-refractivity contribution in [3.63, 3.8) is 0 Å². The predicted octanol–water partition coefficient (Wildman–Crippen LogP) is 5.02. The highest BCUT2D eigenvalue weighted by Crippen LogP contribution is 2.20. The fraction of sp³-hybridized carbons (Fsp3) is 0.538. The van der Waals surface area contributed by atoms with Gasteiger partial charge in [-0.3, -0.25) is 9.59 Å². The number of hydrogen-bond acceptors (Lipinski definition) is 3. The van der Waals surface area contributed by atoms with Crippen molar-refractivity contribution in [2.75, 3.05) is 20.6 Å². The summed E-state index contributed by atoms with van der Waals surface area (Å²) in [5, 5.41) is 14.5. The number of amides is 1. The zero-order chi connectivity index (χ0) is 22.5. The molecule has 1 unspecified atom stereocenters. The van der Waals surface area contributed by atoms with E-state index in [2.05, 4.69) is 47.8 Å². The van der Waals surface area contributed by atoms with Crippen molar-refractivity contribution < 1.29 is 14.7 Å². The van der Waals surface area contributed by atoms with Gasteiger partial charge in [-0.25, -0.2) is 0 Å². The maximum Gasteiger partial charge on any atom is 0.305 e. The molecule has 0 radical (unpaired) electrons. The zero-order valence-corrected chi connectivity index (χ0v) is 19.1. The molecule has 5 heteroatoms. The number of aryl methyl sites for hydroxylation is 1. The Morgan fingerprint density at radius 3 is 2.26 bits per heavy atom. The molecule has 2 aromatic carbocycles. The lowest BCUT2D eigenvalue weighted by Crippen LogP contribution is -2.42. The Kier molecular flexibility index (Phi) is 11.1. The number of carboxylic acid groups (broad SMARTS) is 1. The topological polar surface area (TPSA) is 69.6 Å². The van der Waals surface area contributed by atoms with Crippen LogP contribution in [0.1, 0.15) is 63.4 Å². The number of benzene rings is 2. The van der Waals surface area contributed by atoms with Crippen molar-refractivity contribution in [3.8, 4) is 0 Å². The maximum atomic E-state index is 12.1. The predicted molar refractivity (Wildman–Crippen MR) is 127 cm³/mol. The highest BCUT2D eigenvalue weighted by Gasteiger charge is 2.16. The van der Waals surface area contributed by atoms with Gasteiger partial charge in [0.1, 0.15) is 0 Å².